The molecule has 0 saturated carbocycles. The van der Waals surface area contributed by atoms with Crippen molar-refractivity contribution < 1.29 is 9.72 Å². The van der Waals surface area contributed by atoms with Gasteiger partial charge in [-0.1, -0.05) is 0 Å². The lowest BCUT2D eigenvalue weighted by molar-refractivity contribution is -0.385. The molecule has 0 aromatic carbocycles. The Kier molecular flexibility index (Phi) is 4.77. The van der Waals surface area contributed by atoms with Gasteiger partial charge in [0.05, 0.1) is 16.7 Å². The second kappa shape index (κ2) is 6.59. The summed E-state index contributed by atoms with van der Waals surface area (Å²) in [5.74, 6) is -0.521. The van der Waals surface area contributed by atoms with Crippen molar-refractivity contribution >= 4 is 11.6 Å². The van der Waals surface area contributed by atoms with E-state index in [0.29, 0.717) is 6.54 Å². The Balaban J connectivity index is 2.26. The molecule has 1 unspecified atom stereocenters. The van der Waals surface area contributed by atoms with E-state index in [9.17, 15) is 14.9 Å². The number of rotatable bonds is 6. The van der Waals surface area contributed by atoms with E-state index in [-0.39, 0.29) is 17.4 Å². The molecule has 1 amide bonds. The van der Waals surface area contributed by atoms with Gasteiger partial charge in [-0.2, -0.15) is 10.2 Å². The highest BCUT2D eigenvalue weighted by atomic mass is 16.6. The third-order valence-electron chi connectivity index (χ3n) is 3.65. The lowest BCUT2D eigenvalue weighted by atomic mass is 10.1. The standard InChI is InChI=1S/C14H20N6O3/c1-5-18-8-11(10(4)17-18)9(3)16-14(21)13-12(20(22)23)7-15-19(13)6-2/h7-9H,5-6H2,1-4H3,(H,16,21). The van der Waals surface area contributed by atoms with E-state index in [0.717, 1.165) is 24.0 Å². The highest BCUT2D eigenvalue weighted by Gasteiger charge is 2.27. The molecule has 1 atom stereocenters. The van der Waals surface area contributed by atoms with Gasteiger partial charge in [0.25, 0.3) is 5.91 Å². The molecular formula is C14H20N6O3. The first kappa shape index (κ1) is 16.7. The first-order valence-corrected chi connectivity index (χ1v) is 7.44. The number of aryl methyl sites for hydroxylation is 3. The van der Waals surface area contributed by atoms with Gasteiger partial charge in [0.15, 0.2) is 0 Å². The fraction of sp³-hybridized carbons (Fsp3) is 0.500. The molecule has 2 heterocycles. The molecule has 0 radical (unpaired) electrons. The summed E-state index contributed by atoms with van der Waals surface area (Å²) in [7, 11) is 0. The highest BCUT2D eigenvalue weighted by molar-refractivity contribution is 5.96. The van der Waals surface area contributed by atoms with Crippen LogP contribution in [-0.4, -0.2) is 30.4 Å². The number of aromatic nitrogens is 4. The molecule has 0 spiro atoms. The van der Waals surface area contributed by atoms with Crippen molar-refractivity contribution in [1.29, 1.82) is 0 Å². The number of hydrogen-bond donors (Lipinski definition) is 1. The first-order valence-electron chi connectivity index (χ1n) is 7.44. The van der Waals surface area contributed by atoms with Crippen LogP contribution in [0.2, 0.25) is 0 Å². The van der Waals surface area contributed by atoms with E-state index < -0.39 is 10.8 Å². The Hall–Kier alpha value is -2.71. The zero-order chi connectivity index (χ0) is 17.1. The molecule has 23 heavy (non-hydrogen) atoms. The normalized spacial score (nSPS) is 12.2. The van der Waals surface area contributed by atoms with Gasteiger partial charge in [-0.3, -0.25) is 24.3 Å². The van der Waals surface area contributed by atoms with Gasteiger partial charge in [-0.15, -0.1) is 0 Å². The first-order chi connectivity index (χ1) is 10.9. The molecule has 0 bridgehead atoms. The monoisotopic (exact) mass is 320 g/mol. The third kappa shape index (κ3) is 3.22. The van der Waals surface area contributed by atoms with Crippen molar-refractivity contribution in [2.75, 3.05) is 0 Å². The minimum atomic E-state index is -0.598. The van der Waals surface area contributed by atoms with Crippen LogP contribution in [-0.2, 0) is 13.1 Å². The second-order valence-corrected chi connectivity index (χ2v) is 5.17. The molecule has 124 valence electrons. The van der Waals surface area contributed by atoms with Crippen LogP contribution in [0.5, 0.6) is 0 Å². The van der Waals surface area contributed by atoms with E-state index in [2.05, 4.69) is 15.5 Å². The molecule has 0 saturated heterocycles. The van der Waals surface area contributed by atoms with Gasteiger partial charge in [0.1, 0.15) is 6.20 Å². The Bertz CT molecular complexity index is 733. The molecule has 9 heteroatoms. The summed E-state index contributed by atoms with van der Waals surface area (Å²) in [5.41, 5.74) is 1.37. The fourth-order valence-corrected chi connectivity index (χ4v) is 2.45. The van der Waals surface area contributed by atoms with Crippen LogP contribution in [0.3, 0.4) is 0 Å². The molecule has 1 N–H and O–H groups in total. The Morgan fingerprint density at radius 1 is 1.43 bits per heavy atom. The smallest absolute Gasteiger partial charge is 0.320 e. The summed E-state index contributed by atoms with van der Waals surface area (Å²) in [5, 5.41) is 22.1. The van der Waals surface area contributed by atoms with Crippen molar-refractivity contribution in [2.24, 2.45) is 0 Å². The van der Waals surface area contributed by atoms with Gasteiger partial charge in [0.2, 0.25) is 5.69 Å². The Morgan fingerprint density at radius 2 is 2.13 bits per heavy atom. The molecular weight excluding hydrogens is 300 g/mol. The summed E-state index contributed by atoms with van der Waals surface area (Å²) in [6, 6.07) is -0.317. The lowest BCUT2D eigenvalue weighted by Crippen LogP contribution is -2.29. The SMILES string of the molecule is CCn1cc(C(C)NC(=O)c2c([N+](=O)[O-])cnn2CC)c(C)n1. The maximum absolute atomic E-state index is 12.5. The minimum absolute atomic E-state index is 0.0371. The average Bonchev–Trinajstić information content (AvgIpc) is 3.09. The molecule has 0 fully saturated rings. The predicted molar refractivity (Wildman–Crippen MR) is 83.1 cm³/mol. The number of amides is 1. The highest BCUT2D eigenvalue weighted by Crippen LogP contribution is 2.21. The van der Waals surface area contributed by atoms with Crippen LogP contribution in [0, 0.1) is 17.0 Å². The molecule has 0 aliphatic rings. The van der Waals surface area contributed by atoms with E-state index >= 15 is 0 Å². The van der Waals surface area contributed by atoms with Crippen LogP contribution in [0.25, 0.3) is 0 Å². The summed E-state index contributed by atoms with van der Waals surface area (Å²) in [4.78, 5) is 22.9. The predicted octanol–water partition coefficient (Wildman–Crippen LogP) is 1.83. The van der Waals surface area contributed by atoms with Gasteiger partial charge in [-0.25, -0.2) is 0 Å². The van der Waals surface area contributed by atoms with E-state index in [1.54, 1.807) is 11.6 Å². The molecule has 2 aromatic heterocycles. The summed E-state index contributed by atoms with van der Waals surface area (Å²) < 4.78 is 3.11. The van der Waals surface area contributed by atoms with E-state index in [1.807, 2.05) is 27.0 Å². The average molecular weight is 320 g/mol. The van der Waals surface area contributed by atoms with Crippen LogP contribution in [0.15, 0.2) is 12.4 Å². The van der Waals surface area contributed by atoms with E-state index in [1.165, 1.54) is 4.68 Å². The van der Waals surface area contributed by atoms with Crippen molar-refractivity contribution in [3.8, 4) is 0 Å². The Labute approximate surface area is 133 Å². The number of nitrogens with zero attached hydrogens (tertiary/aromatic N) is 5. The molecule has 9 nitrogen and oxygen atoms in total. The van der Waals surface area contributed by atoms with Crippen LogP contribution < -0.4 is 5.32 Å². The summed E-state index contributed by atoms with van der Waals surface area (Å²) in [6.07, 6.45) is 2.97. The number of carbonyl (C=O) groups is 1. The van der Waals surface area contributed by atoms with Crippen molar-refractivity contribution in [1.82, 2.24) is 24.9 Å². The molecule has 0 aliphatic heterocycles. The van der Waals surface area contributed by atoms with Gasteiger partial charge < -0.3 is 5.32 Å². The zero-order valence-electron chi connectivity index (χ0n) is 13.6. The van der Waals surface area contributed by atoms with Gasteiger partial charge in [0, 0.05) is 24.8 Å². The second-order valence-electron chi connectivity index (χ2n) is 5.17. The molecule has 0 aliphatic carbocycles. The third-order valence-corrected chi connectivity index (χ3v) is 3.65. The molecule has 2 aromatic rings. The molecule has 2 rings (SSSR count). The topological polar surface area (TPSA) is 108 Å². The number of hydrogen-bond acceptors (Lipinski definition) is 5. The number of carbonyl (C=O) groups excluding carboxylic acids is 1. The Morgan fingerprint density at radius 3 is 2.65 bits per heavy atom. The largest absolute Gasteiger partial charge is 0.344 e. The van der Waals surface area contributed by atoms with E-state index in [4.69, 9.17) is 0 Å². The van der Waals surface area contributed by atoms with Crippen LogP contribution in [0.4, 0.5) is 5.69 Å². The lowest BCUT2D eigenvalue weighted by Gasteiger charge is -2.13. The number of nitrogens with one attached hydrogen (secondary N) is 1. The maximum Gasteiger partial charge on any atom is 0.320 e. The van der Waals surface area contributed by atoms with Crippen molar-refractivity contribution in [3.05, 3.63) is 39.5 Å². The minimum Gasteiger partial charge on any atom is -0.344 e. The number of nitro groups is 1. The quantitative estimate of drug-likeness (QED) is 0.645. The fourth-order valence-electron chi connectivity index (χ4n) is 2.45. The van der Waals surface area contributed by atoms with Gasteiger partial charge in [-0.05, 0) is 27.7 Å². The summed E-state index contributed by atoms with van der Waals surface area (Å²) >= 11 is 0. The van der Waals surface area contributed by atoms with Crippen molar-refractivity contribution in [3.63, 3.8) is 0 Å². The van der Waals surface area contributed by atoms with Crippen molar-refractivity contribution in [2.45, 2.75) is 46.8 Å². The van der Waals surface area contributed by atoms with Gasteiger partial charge >= 0.3 is 5.69 Å². The zero-order valence-corrected chi connectivity index (χ0v) is 13.6. The summed E-state index contributed by atoms with van der Waals surface area (Å²) in [6.45, 7) is 8.53. The van der Waals surface area contributed by atoms with Crippen LogP contribution in [0.1, 0.15) is 48.6 Å². The van der Waals surface area contributed by atoms with Crippen LogP contribution >= 0.6 is 0 Å². The maximum atomic E-state index is 12.5.